The van der Waals surface area contributed by atoms with E-state index in [0.717, 1.165) is 35.2 Å². The summed E-state index contributed by atoms with van der Waals surface area (Å²) in [5.74, 6) is 0.920. The van der Waals surface area contributed by atoms with E-state index in [1.165, 1.54) is 30.6 Å². The van der Waals surface area contributed by atoms with Crippen LogP contribution in [0.25, 0.3) is 10.2 Å². The Morgan fingerprint density at radius 2 is 1.83 bits per heavy atom. The van der Waals surface area contributed by atoms with Gasteiger partial charge in [0.2, 0.25) is 0 Å². The molecule has 1 N–H and O–H groups in total. The number of thiazole rings is 1. The summed E-state index contributed by atoms with van der Waals surface area (Å²) in [6.07, 6.45) is 2.65. The van der Waals surface area contributed by atoms with Gasteiger partial charge in [0.05, 0.1) is 10.2 Å². The quantitative estimate of drug-likeness (QED) is 0.717. The van der Waals surface area contributed by atoms with Crippen molar-refractivity contribution in [1.82, 2.24) is 9.88 Å². The lowest BCUT2D eigenvalue weighted by molar-refractivity contribution is 0.238. The smallest absolute Gasteiger partial charge is 0.188 e. The fourth-order valence-corrected chi connectivity index (χ4v) is 3.87. The third kappa shape index (κ3) is 3.68. The first kappa shape index (κ1) is 15.4. The van der Waals surface area contributed by atoms with Crippen molar-refractivity contribution >= 4 is 32.4 Å². The average Bonchev–Trinajstić information content (AvgIpc) is 3.25. The summed E-state index contributed by atoms with van der Waals surface area (Å²) in [5.41, 5.74) is 2.06. The summed E-state index contributed by atoms with van der Waals surface area (Å²) in [6, 6.07) is 16.3. The van der Waals surface area contributed by atoms with Gasteiger partial charge in [-0.25, -0.2) is 4.98 Å². The number of ether oxygens (including phenoxy) is 1. The van der Waals surface area contributed by atoms with Crippen molar-refractivity contribution in [1.29, 1.82) is 0 Å². The summed E-state index contributed by atoms with van der Waals surface area (Å²) >= 11 is 1.67. The van der Waals surface area contributed by atoms with Gasteiger partial charge in [-0.05, 0) is 62.3 Å². The first-order chi connectivity index (χ1) is 11.9. The van der Waals surface area contributed by atoms with Gasteiger partial charge in [-0.2, -0.15) is 0 Å². The topological polar surface area (TPSA) is 37.4 Å². The second kappa shape index (κ2) is 7.20. The van der Waals surface area contributed by atoms with Crippen LogP contribution in [0.4, 0.5) is 10.8 Å². The Morgan fingerprint density at radius 3 is 2.62 bits per heavy atom. The number of nitrogens with zero attached hydrogens (tertiary/aromatic N) is 2. The molecule has 124 valence electrons. The van der Waals surface area contributed by atoms with Crippen molar-refractivity contribution in [3.63, 3.8) is 0 Å². The van der Waals surface area contributed by atoms with E-state index in [1.54, 1.807) is 11.3 Å². The molecule has 1 fully saturated rings. The molecule has 1 aromatic heterocycles. The molecule has 4 rings (SSSR count). The number of fused-ring (bicyclic) bond motifs is 1. The zero-order valence-electron chi connectivity index (χ0n) is 13.6. The van der Waals surface area contributed by atoms with Gasteiger partial charge in [-0.3, -0.25) is 4.90 Å². The van der Waals surface area contributed by atoms with Crippen LogP contribution in [-0.4, -0.2) is 36.1 Å². The van der Waals surface area contributed by atoms with E-state index >= 15 is 0 Å². The Labute approximate surface area is 146 Å². The Bertz CT molecular complexity index is 761. The number of likely N-dealkylation sites (tertiary alicyclic amines) is 1. The highest BCUT2D eigenvalue weighted by atomic mass is 32.1. The molecular formula is C19H21N3OS. The van der Waals surface area contributed by atoms with Crippen molar-refractivity contribution in [3.05, 3.63) is 48.5 Å². The Balaban J connectivity index is 1.33. The second-order valence-electron chi connectivity index (χ2n) is 6.03. The van der Waals surface area contributed by atoms with Crippen LogP contribution in [-0.2, 0) is 0 Å². The number of nitrogens with one attached hydrogen (secondary N) is 1. The van der Waals surface area contributed by atoms with Crippen LogP contribution in [0.3, 0.4) is 0 Å². The lowest BCUT2D eigenvalue weighted by atomic mass is 10.3. The van der Waals surface area contributed by atoms with Gasteiger partial charge in [0.1, 0.15) is 12.4 Å². The minimum atomic E-state index is 0.755. The van der Waals surface area contributed by atoms with Crippen LogP contribution in [0.1, 0.15) is 12.8 Å². The number of benzene rings is 2. The van der Waals surface area contributed by atoms with Crippen molar-refractivity contribution in [2.45, 2.75) is 12.8 Å². The molecule has 0 saturated carbocycles. The van der Waals surface area contributed by atoms with E-state index in [1.807, 2.05) is 42.5 Å². The Morgan fingerprint density at radius 1 is 1.04 bits per heavy atom. The minimum absolute atomic E-state index is 0.755. The van der Waals surface area contributed by atoms with Crippen LogP contribution in [0.2, 0.25) is 0 Å². The first-order valence-corrected chi connectivity index (χ1v) is 9.26. The minimum Gasteiger partial charge on any atom is -0.492 e. The van der Waals surface area contributed by atoms with Crippen LogP contribution < -0.4 is 10.1 Å². The van der Waals surface area contributed by atoms with E-state index in [2.05, 4.69) is 21.3 Å². The normalized spacial score (nSPS) is 15.0. The van der Waals surface area contributed by atoms with E-state index in [0.29, 0.717) is 0 Å². The van der Waals surface area contributed by atoms with Crippen molar-refractivity contribution in [3.8, 4) is 5.75 Å². The van der Waals surface area contributed by atoms with Gasteiger partial charge >= 0.3 is 0 Å². The molecule has 2 heterocycles. The van der Waals surface area contributed by atoms with Gasteiger partial charge in [-0.1, -0.05) is 23.5 Å². The van der Waals surface area contributed by atoms with Gasteiger partial charge in [0.25, 0.3) is 0 Å². The van der Waals surface area contributed by atoms with E-state index < -0.39 is 0 Å². The lowest BCUT2D eigenvalue weighted by Crippen LogP contribution is -2.25. The highest BCUT2D eigenvalue weighted by Gasteiger charge is 2.10. The predicted octanol–water partition coefficient (Wildman–Crippen LogP) is 4.51. The molecule has 0 aliphatic carbocycles. The Hall–Kier alpha value is -2.11. The predicted molar refractivity (Wildman–Crippen MR) is 101 cm³/mol. The third-order valence-electron chi connectivity index (χ3n) is 4.27. The zero-order chi connectivity index (χ0) is 16.2. The number of para-hydroxylation sites is 1. The summed E-state index contributed by atoms with van der Waals surface area (Å²) < 4.78 is 7.03. The van der Waals surface area contributed by atoms with Crippen LogP contribution in [0.15, 0.2) is 48.5 Å². The second-order valence-corrected chi connectivity index (χ2v) is 7.06. The van der Waals surface area contributed by atoms with Gasteiger partial charge in [-0.15, -0.1) is 0 Å². The molecule has 2 aromatic carbocycles. The van der Waals surface area contributed by atoms with E-state index in [4.69, 9.17) is 4.74 Å². The number of aromatic nitrogens is 1. The molecule has 24 heavy (non-hydrogen) atoms. The fraction of sp³-hybridized carbons (Fsp3) is 0.316. The summed E-state index contributed by atoms with van der Waals surface area (Å²) in [5, 5.41) is 4.28. The number of hydrogen-bond donors (Lipinski definition) is 1. The molecule has 1 aliphatic heterocycles. The molecule has 1 saturated heterocycles. The number of hydrogen-bond acceptors (Lipinski definition) is 5. The van der Waals surface area contributed by atoms with Gasteiger partial charge < -0.3 is 10.1 Å². The van der Waals surface area contributed by atoms with Crippen molar-refractivity contribution in [2.24, 2.45) is 0 Å². The first-order valence-electron chi connectivity index (χ1n) is 8.45. The Kier molecular flexibility index (Phi) is 4.62. The van der Waals surface area contributed by atoms with Gasteiger partial charge in [0, 0.05) is 12.2 Å². The number of anilines is 2. The maximum Gasteiger partial charge on any atom is 0.188 e. The van der Waals surface area contributed by atoms with Crippen molar-refractivity contribution in [2.75, 3.05) is 31.6 Å². The highest BCUT2D eigenvalue weighted by molar-refractivity contribution is 7.22. The van der Waals surface area contributed by atoms with Crippen LogP contribution in [0.5, 0.6) is 5.75 Å². The van der Waals surface area contributed by atoms with E-state index in [-0.39, 0.29) is 0 Å². The summed E-state index contributed by atoms with van der Waals surface area (Å²) in [6.45, 7) is 4.21. The zero-order valence-corrected chi connectivity index (χ0v) is 14.4. The summed E-state index contributed by atoms with van der Waals surface area (Å²) in [4.78, 5) is 7.06. The van der Waals surface area contributed by atoms with Gasteiger partial charge in [0.15, 0.2) is 5.13 Å². The molecule has 4 nitrogen and oxygen atoms in total. The van der Waals surface area contributed by atoms with Crippen LogP contribution in [0, 0.1) is 0 Å². The largest absolute Gasteiger partial charge is 0.492 e. The molecule has 0 unspecified atom stereocenters. The maximum atomic E-state index is 5.84. The third-order valence-corrected chi connectivity index (χ3v) is 5.23. The van der Waals surface area contributed by atoms with Crippen molar-refractivity contribution < 1.29 is 4.74 Å². The maximum absolute atomic E-state index is 5.84. The molecule has 0 bridgehead atoms. The molecule has 3 aromatic rings. The average molecular weight is 339 g/mol. The SMILES string of the molecule is c1ccc2sc(Nc3ccc(OCCN4CCCC4)cc3)nc2c1. The highest BCUT2D eigenvalue weighted by Crippen LogP contribution is 2.28. The van der Waals surface area contributed by atoms with E-state index in [9.17, 15) is 0 Å². The molecule has 0 amide bonds. The molecule has 0 spiro atoms. The fourth-order valence-electron chi connectivity index (χ4n) is 2.98. The van der Waals surface area contributed by atoms with Crippen LogP contribution >= 0.6 is 11.3 Å². The summed E-state index contributed by atoms with van der Waals surface area (Å²) in [7, 11) is 0. The molecule has 1 aliphatic rings. The number of rotatable bonds is 6. The monoisotopic (exact) mass is 339 g/mol. The standard InChI is InChI=1S/C19H21N3OS/c1-2-6-18-17(5-1)21-19(24-18)20-15-7-9-16(10-8-15)23-14-13-22-11-3-4-12-22/h1-2,5-10H,3-4,11-14H2,(H,20,21). The lowest BCUT2D eigenvalue weighted by Gasteiger charge is -2.15. The molecular weight excluding hydrogens is 318 g/mol. The molecule has 5 heteroatoms. The molecule has 0 radical (unpaired) electrons. The molecule has 0 atom stereocenters.